The maximum Gasteiger partial charge on any atom is 0.140 e. The summed E-state index contributed by atoms with van der Waals surface area (Å²) in [6.07, 6.45) is 2.45. The summed E-state index contributed by atoms with van der Waals surface area (Å²) in [7, 11) is 0. The van der Waals surface area contributed by atoms with Crippen LogP contribution in [0.1, 0.15) is 18.4 Å². The summed E-state index contributed by atoms with van der Waals surface area (Å²) in [6, 6.07) is 13.2. The second kappa shape index (κ2) is 6.10. The molecule has 4 heteroatoms. The molecule has 0 atom stereocenters. The Kier molecular flexibility index (Phi) is 4.21. The zero-order valence-corrected chi connectivity index (χ0v) is 13.1. The third kappa shape index (κ3) is 3.70. The first kappa shape index (κ1) is 13.8. The minimum atomic E-state index is -0.263. The highest BCUT2D eigenvalue weighted by atomic mass is 127. The molecule has 2 aromatic rings. The lowest BCUT2D eigenvalue weighted by Gasteiger charge is -2.10. The Bertz CT molecular complexity index is 613. The molecular formula is C16H15FINO. The molecule has 0 aromatic heterocycles. The number of hydrogen-bond donors (Lipinski definition) is 1. The summed E-state index contributed by atoms with van der Waals surface area (Å²) in [5.74, 6) is 1.03. The van der Waals surface area contributed by atoms with Gasteiger partial charge in [-0.05, 0) is 65.3 Å². The maximum absolute atomic E-state index is 13.7. The molecule has 20 heavy (non-hydrogen) atoms. The van der Waals surface area contributed by atoms with Crippen LogP contribution in [0.25, 0.3) is 0 Å². The normalized spacial score (nSPS) is 14.3. The second-order valence-electron chi connectivity index (χ2n) is 4.98. The van der Waals surface area contributed by atoms with Gasteiger partial charge in [0.15, 0.2) is 0 Å². The van der Waals surface area contributed by atoms with Gasteiger partial charge in [0.2, 0.25) is 0 Å². The molecule has 1 fully saturated rings. The minimum absolute atomic E-state index is 0.263. The van der Waals surface area contributed by atoms with E-state index < -0.39 is 0 Å². The van der Waals surface area contributed by atoms with Gasteiger partial charge in [0, 0.05) is 18.7 Å². The highest BCUT2D eigenvalue weighted by molar-refractivity contribution is 14.1. The quantitative estimate of drug-likeness (QED) is 0.770. The Morgan fingerprint density at radius 2 is 2.00 bits per heavy atom. The minimum Gasteiger partial charge on any atom is -0.456 e. The lowest BCUT2D eigenvalue weighted by Crippen LogP contribution is -2.15. The van der Waals surface area contributed by atoms with Crippen molar-refractivity contribution in [1.29, 1.82) is 0 Å². The number of hydrogen-bond acceptors (Lipinski definition) is 2. The topological polar surface area (TPSA) is 21.3 Å². The van der Waals surface area contributed by atoms with Gasteiger partial charge in [-0.3, -0.25) is 0 Å². The average Bonchev–Trinajstić information content (AvgIpc) is 3.23. The number of rotatable bonds is 5. The van der Waals surface area contributed by atoms with Crippen molar-refractivity contribution in [2.24, 2.45) is 0 Å². The highest BCUT2D eigenvalue weighted by Gasteiger charge is 2.20. The van der Waals surface area contributed by atoms with Gasteiger partial charge < -0.3 is 10.1 Å². The lowest BCUT2D eigenvalue weighted by molar-refractivity contribution is 0.472. The SMILES string of the molecule is Fc1cc(CNC2CC2)cc(Oc2ccccc2I)c1. The monoisotopic (exact) mass is 383 g/mol. The Morgan fingerprint density at radius 3 is 2.75 bits per heavy atom. The highest BCUT2D eigenvalue weighted by Crippen LogP contribution is 2.28. The standard InChI is InChI=1S/C16H15FINO/c17-12-7-11(10-19-13-5-6-13)8-14(9-12)20-16-4-2-1-3-15(16)18/h1-4,7-9,13,19H,5-6,10H2. The molecule has 0 spiro atoms. The number of nitrogens with one attached hydrogen (secondary N) is 1. The molecule has 0 heterocycles. The summed E-state index contributed by atoms with van der Waals surface area (Å²) in [5.41, 5.74) is 0.915. The van der Waals surface area contributed by atoms with Crippen molar-refractivity contribution in [3.8, 4) is 11.5 Å². The van der Waals surface area contributed by atoms with E-state index in [0.29, 0.717) is 18.3 Å². The summed E-state index contributed by atoms with van der Waals surface area (Å²) < 4.78 is 20.4. The van der Waals surface area contributed by atoms with Crippen LogP contribution in [0.4, 0.5) is 4.39 Å². The smallest absolute Gasteiger partial charge is 0.140 e. The van der Waals surface area contributed by atoms with Gasteiger partial charge in [0.05, 0.1) is 3.57 Å². The fraction of sp³-hybridized carbons (Fsp3) is 0.250. The van der Waals surface area contributed by atoms with Crippen molar-refractivity contribution in [3.63, 3.8) is 0 Å². The van der Waals surface area contributed by atoms with Crippen molar-refractivity contribution in [1.82, 2.24) is 5.32 Å². The first-order chi connectivity index (χ1) is 9.70. The van der Waals surface area contributed by atoms with E-state index in [2.05, 4.69) is 27.9 Å². The third-order valence-corrected chi connectivity index (χ3v) is 4.06. The van der Waals surface area contributed by atoms with Crippen molar-refractivity contribution >= 4 is 22.6 Å². The molecule has 0 radical (unpaired) electrons. The van der Waals surface area contributed by atoms with E-state index in [4.69, 9.17) is 4.74 Å². The van der Waals surface area contributed by atoms with E-state index in [1.165, 1.54) is 18.9 Å². The Hall–Kier alpha value is -1.14. The van der Waals surface area contributed by atoms with Crippen LogP contribution >= 0.6 is 22.6 Å². The van der Waals surface area contributed by atoms with Crippen LogP contribution in [-0.4, -0.2) is 6.04 Å². The van der Waals surface area contributed by atoms with Crippen LogP contribution in [0.3, 0.4) is 0 Å². The molecule has 1 N–H and O–H groups in total. The summed E-state index contributed by atoms with van der Waals surface area (Å²) in [6.45, 7) is 0.685. The number of benzene rings is 2. The van der Waals surface area contributed by atoms with Gasteiger partial charge in [0.25, 0.3) is 0 Å². The molecule has 0 bridgehead atoms. The first-order valence-corrected chi connectivity index (χ1v) is 7.74. The zero-order chi connectivity index (χ0) is 13.9. The van der Waals surface area contributed by atoms with E-state index in [-0.39, 0.29) is 5.82 Å². The summed E-state index contributed by atoms with van der Waals surface area (Å²) in [4.78, 5) is 0. The van der Waals surface area contributed by atoms with Crippen LogP contribution in [0.15, 0.2) is 42.5 Å². The molecule has 0 saturated heterocycles. The van der Waals surface area contributed by atoms with E-state index in [9.17, 15) is 4.39 Å². The molecule has 104 valence electrons. The van der Waals surface area contributed by atoms with Crippen molar-refractivity contribution in [2.75, 3.05) is 0 Å². The van der Waals surface area contributed by atoms with Gasteiger partial charge in [-0.25, -0.2) is 4.39 Å². The fourth-order valence-corrected chi connectivity index (χ4v) is 2.48. The van der Waals surface area contributed by atoms with Crippen molar-refractivity contribution in [2.45, 2.75) is 25.4 Å². The lowest BCUT2D eigenvalue weighted by atomic mass is 10.2. The Labute approximate surface area is 131 Å². The molecule has 1 aliphatic rings. The maximum atomic E-state index is 13.7. The van der Waals surface area contributed by atoms with Gasteiger partial charge in [-0.15, -0.1) is 0 Å². The van der Waals surface area contributed by atoms with Crippen LogP contribution in [-0.2, 0) is 6.54 Å². The van der Waals surface area contributed by atoms with Crippen LogP contribution < -0.4 is 10.1 Å². The third-order valence-electron chi connectivity index (χ3n) is 3.17. The van der Waals surface area contributed by atoms with Gasteiger partial charge in [-0.2, -0.15) is 0 Å². The van der Waals surface area contributed by atoms with E-state index in [0.717, 1.165) is 14.9 Å². The van der Waals surface area contributed by atoms with Gasteiger partial charge >= 0.3 is 0 Å². The number of ether oxygens (including phenoxy) is 1. The largest absolute Gasteiger partial charge is 0.456 e. The van der Waals surface area contributed by atoms with E-state index in [1.807, 2.05) is 30.3 Å². The molecular weight excluding hydrogens is 368 g/mol. The Morgan fingerprint density at radius 1 is 1.20 bits per heavy atom. The number of para-hydroxylation sites is 1. The predicted octanol–water partition coefficient (Wildman–Crippen LogP) is 4.47. The number of halogens is 2. The summed E-state index contributed by atoms with van der Waals surface area (Å²) >= 11 is 2.21. The van der Waals surface area contributed by atoms with Crippen LogP contribution in [0.5, 0.6) is 11.5 Å². The second-order valence-corrected chi connectivity index (χ2v) is 6.15. The van der Waals surface area contributed by atoms with E-state index in [1.54, 1.807) is 6.07 Å². The molecule has 2 aromatic carbocycles. The summed E-state index contributed by atoms with van der Waals surface area (Å²) in [5, 5.41) is 3.38. The predicted molar refractivity (Wildman–Crippen MR) is 85.5 cm³/mol. The van der Waals surface area contributed by atoms with Crippen LogP contribution in [0.2, 0.25) is 0 Å². The molecule has 1 aliphatic carbocycles. The zero-order valence-electron chi connectivity index (χ0n) is 10.9. The molecule has 0 amide bonds. The van der Waals surface area contributed by atoms with E-state index >= 15 is 0 Å². The average molecular weight is 383 g/mol. The molecule has 0 aliphatic heterocycles. The fourth-order valence-electron chi connectivity index (χ4n) is 1.99. The van der Waals surface area contributed by atoms with Gasteiger partial charge in [0.1, 0.15) is 17.3 Å². The Balaban J connectivity index is 1.76. The molecule has 1 saturated carbocycles. The first-order valence-electron chi connectivity index (χ1n) is 6.66. The van der Waals surface area contributed by atoms with Gasteiger partial charge in [-0.1, -0.05) is 12.1 Å². The van der Waals surface area contributed by atoms with Crippen molar-refractivity contribution < 1.29 is 9.13 Å². The molecule has 2 nitrogen and oxygen atoms in total. The van der Waals surface area contributed by atoms with Crippen LogP contribution in [0, 0.1) is 9.39 Å². The molecule has 3 rings (SSSR count). The molecule has 0 unspecified atom stereocenters. The van der Waals surface area contributed by atoms with Crippen molar-refractivity contribution in [3.05, 3.63) is 57.4 Å².